The van der Waals surface area contributed by atoms with Crippen molar-refractivity contribution in [2.24, 2.45) is 0 Å². The monoisotopic (exact) mass is 298 g/mol. The van der Waals surface area contributed by atoms with E-state index in [9.17, 15) is 0 Å². The van der Waals surface area contributed by atoms with Crippen LogP contribution in [-0.2, 0) is 0 Å². The predicted molar refractivity (Wildman–Crippen MR) is 80.8 cm³/mol. The molecule has 1 atom stereocenters. The highest BCUT2D eigenvalue weighted by molar-refractivity contribution is 9.10. The zero-order valence-electron chi connectivity index (χ0n) is 10.6. The molecule has 0 amide bonds. The van der Waals surface area contributed by atoms with Crippen molar-refractivity contribution in [3.63, 3.8) is 0 Å². The molecule has 0 saturated carbocycles. The van der Waals surface area contributed by atoms with Crippen molar-refractivity contribution in [1.29, 1.82) is 0 Å². The summed E-state index contributed by atoms with van der Waals surface area (Å²) in [4.78, 5) is 0. The summed E-state index contributed by atoms with van der Waals surface area (Å²) < 4.78 is 1.19. The minimum Gasteiger partial charge on any atom is -0.0687 e. The van der Waals surface area contributed by atoms with Gasteiger partial charge in [0.05, 0.1) is 0 Å². The SMILES string of the molecule is Cc1ccc(C2=CC(C)c3cccc(Br)c32)cc1. The number of aryl methyl sites for hydroxylation is 1. The van der Waals surface area contributed by atoms with Crippen molar-refractivity contribution in [1.82, 2.24) is 0 Å². The molecule has 0 aliphatic heterocycles. The maximum atomic E-state index is 3.69. The van der Waals surface area contributed by atoms with Crippen LogP contribution in [0.4, 0.5) is 0 Å². The second-order valence-corrected chi connectivity index (χ2v) is 5.79. The zero-order valence-corrected chi connectivity index (χ0v) is 12.2. The Bertz CT molecular complexity index is 621. The van der Waals surface area contributed by atoms with E-state index in [2.05, 4.69) is 78.3 Å². The average Bonchev–Trinajstić information content (AvgIpc) is 2.70. The van der Waals surface area contributed by atoms with Crippen molar-refractivity contribution >= 4 is 21.5 Å². The van der Waals surface area contributed by atoms with E-state index in [1.807, 2.05) is 0 Å². The van der Waals surface area contributed by atoms with Gasteiger partial charge in [-0.05, 0) is 35.3 Å². The second-order valence-electron chi connectivity index (χ2n) is 4.94. The number of fused-ring (bicyclic) bond motifs is 1. The Labute approximate surface area is 116 Å². The first-order chi connectivity index (χ1) is 8.66. The molecule has 0 nitrogen and oxygen atoms in total. The molecule has 3 rings (SSSR count). The van der Waals surface area contributed by atoms with Crippen LogP contribution in [0.3, 0.4) is 0 Å². The van der Waals surface area contributed by atoms with Gasteiger partial charge in [-0.2, -0.15) is 0 Å². The van der Waals surface area contributed by atoms with Crippen LogP contribution in [0.2, 0.25) is 0 Å². The van der Waals surface area contributed by atoms with Crippen molar-refractivity contribution in [2.45, 2.75) is 19.8 Å². The van der Waals surface area contributed by atoms with Gasteiger partial charge in [-0.1, -0.05) is 70.9 Å². The third-order valence-electron chi connectivity index (χ3n) is 3.58. The molecule has 0 saturated heterocycles. The summed E-state index contributed by atoms with van der Waals surface area (Å²) in [6.07, 6.45) is 2.36. The fraction of sp³-hybridized carbons (Fsp3) is 0.176. The van der Waals surface area contributed by atoms with Crippen molar-refractivity contribution in [3.8, 4) is 0 Å². The number of halogens is 1. The molecule has 0 radical (unpaired) electrons. The minimum atomic E-state index is 0.494. The zero-order chi connectivity index (χ0) is 12.7. The van der Waals surface area contributed by atoms with E-state index in [1.54, 1.807) is 0 Å². The standard InChI is InChI=1S/C17H15Br/c1-11-6-8-13(9-7-11)15-10-12(2)14-4-3-5-16(18)17(14)15/h3-10,12H,1-2H3. The average molecular weight is 299 g/mol. The predicted octanol–water partition coefficient (Wildman–Crippen LogP) is 5.31. The lowest BCUT2D eigenvalue weighted by Crippen LogP contribution is -1.90. The lowest BCUT2D eigenvalue weighted by molar-refractivity contribution is 0.989. The molecule has 1 heteroatoms. The molecular weight excluding hydrogens is 284 g/mol. The Morgan fingerprint density at radius 3 is 2.44 bits per heavy atom. The molecule has 18 heavy (non-hydrogen) atoms. The molecule has 2 aromatic rings. The quantitative estimate of drug-likeness (QED) is 0.669. The van der Waals surface area contributed by atoms with Crippen LogP contribution in [0, 0.1) is 6.92 Å². The van der Waals surface area contributed by atoms with Crippen LogP contribution in [0.5, 0.6) is 0 Å². The normalized spacial score (nSPS) is 17.5. The van der Waals surface area contributed by atoms with Crippen LogP contribution in [-0.4, -0.2) is 0 Å². The number of rotatable bonds is 1. The van der Waals surface area contributed by atoms with Crippen molar-refractivity contribution in [2.75, 3.05) is 0 Å². The van der Waals surface area contributed by atoms with Gasteiger partial charge in [0.1, 0.15) is 0 Å². The molecule has 0 bridgehead atoms. The number of allylic oxidation sites excluding steroid dienone is 1. The molecule has 0 fully saturated rings. The Kier molecular flexibility index (Phi) is 2.87. The van der Waals surface area contributed by atoms with Gasteiger partial charge < -0.3 is 0 Å². The van der Waals surface area contributed by atoms with Crippen LogP contribution in [0.15, 0.2) is 53.0 Å². The lowest BCUT2D eigenvalue weighted by atomic mass is 9.98. The lowest BCUT2D eigenvalue weighted by Gasteiger charge is -2.09. The Morgan fingerprint density at radius 1 is 1.00 bits per heavy atom. The molecule has 0 N–H and O–H groups in total. The van der Waals surface area contributed by atoms with E-state index >= 15 is 0 Å². The highest BCUT2D eigenvalue weighted by Gasteiger charge is 2.22. The Balaban J connectivity index is 2.16. The van der Waals surface area contributed by atoms with Gasteiger partial charge in [0, 0.05) is 10.4 Å². The number of hydrogen-bond donors (Lipinski definition) is 0. The first kappa shape index (κ1) is 11.7. The van der Waals surface area contributed by atoms with Gasteiger partial charge >= 0.3 is 0 Å². The van der Waals surface area contributed by atoms with Crippen molar-refractivity contribution < 1.29 is 0 Å². The summed E-state index contributed by atoms with van der Waals surface area (Å²) in [5, 5.41) is 0. The minimum absolute atomic E-state index is 0.494. The van der Waals surface area contributed by atoms with E-state index < -0.39 is 0 Å². The summed E-state index contributed by atoms with van der Waals surface area (Å²) in [5.41, 5.74) is 6.73. The maximum Gasteiger partial charge on any atom is 0.0256 e. The van der Waals surface area contributed by atoms with E-state index in [0.717, 1.165) is 0 Å². The van der Waals surface area contributed by atoms with Crippen LogP contribution in [0.25, 0.3) is 5.57 Å². The Morgan fingerprint density at radius 2 is 1.72 bits per heavy atom. The van der Waals surface area contributed by atoms with Gasteiger partial charge in [-0.15, -0.1) is 0 Å². The highest BCUT2D eigenvalue weighted by Crippen LogP contribution is 2.42. The molecule has 1 aliphatic carbocycles. The van der Waals surface area contributed by atoms with E-state index in [1.165, 1.54) is 32.3 Å². The molecule has 90 valence electrons. The van der Waals surface area contributed by atoms with Crippen molar-refractivity contribution in [3.05, 3.63) is 75.3 Å². The van der Waals surface area contributed by atoms with Crippen LogP contribution >= 0.6 is 15.9 Å². The topological polar surface area (TPSA) is 0 Å². The van der Waals surface area contributed by atoms with Gasteiger partial charge in [0.2, 0.25) is 0 Å². The van der Waals surface area contributed by atoms with Crippen LogP contribution < -0.4 is 0 Å². The number of benzene rings is 2. The summed E-state index contributed by atoms with van der Waals surface area (Å²) in [6.45, 7) is 4.38. The fourth-order valence-corrected chi connectivity index (χ4v) is 3.20. The molecular formula is C17H15Br. The third kappa shape index (κ3) is 1.83. The summed E-state index contributed by atoms with van der Waals surface area (Å²) in [7, 11) is 0. The largest absolute Gasteiger partial charge is 0.0687 e. The molecule has 0 aromatic heterocycles. The maximum absolute atomic E-state index is 3.69. The summed E-state index contributed by atoms with van der Waals surface area (Å²) in [5.74, 6) is 0.494. The third-order valence-corrected chi connectivity index (χ3v) is 4.25. The molecule has 2 aromatic carbocycles. The molecule has 1 unspecified atom stereocenters. The smallest absolute Gasteiger partial charge is 0.0256 e. The number of hydrogen-bond acceptors (Lipinski definition) is 0. The van der Waals surface area contributed by atoms with Gasteiger partial charge in [0.25, 0.3) is 0 Å². The van der Waals surface area contributed by atoms with E-state index in [0.29, 0.717) is 5.92 Å². The Hall–Kier alpha value is -1.34. The van der Waals surface area contributed by atoms with E-state index in [-0.39, 0.29) is 0 Å². The molecule has 0 heterocycles. The van der Waals surface area contributed by atoms with Gasteiger partial charge in [-0.25, -0.2) is 0 Å². The fourth-order valence-electron chi connectivity index (χ4n) is 2.60. The van der Waals surface area contributed by atoms with Gasteiger partial charge in [-0.3, -0.25) is 0 Å². The first-order valence-corrected chi connectivity index (χ1v) is 7.04. The molecule has 0 spiro atoms. The first-order valence-electron chi connectivity index (χ1n) is 6.24. The van der Waals surface area contributed by atoms with E-state index in [4.69, 9.17) is 0 Å². The second kappa shape index (κ2) is 4.40. The summed E-state index contributed by atoms with van der Waals surface area (Å²) >= 11 is 3.69. The van der Waals surface area contributed by atoms with Gasteiger partial charge in [0.15, 0.2) is 0 Å². The van der Waals surface area contributed by atoms with Crippen LogP contribution in [0.1, 0.15) is 35.1 Å². The highest BCUT2D eigenvalue weighted by atomic mass is 79.9. The molecule has 1 aliphatic rings. The summed E-state index contributed by atoms with van der Waals surface area (Å²) in [6, 6.07) is 15.2.